The van der Waals surface area contributed by atoms with Gasteiger partial charge in [-0.2, -0.15) is 0 Å². The minimum absolute atomic E-state index is 0.355. The van der Waals surface area contributed by atoms with Crippen molar-refractivity contribution < 1.29 is 28.4 Å². The van der Waals surface area contributed by atoms with Crippen LogP contribution in [0.5, 0.6) is 34.5 Å². The van der Waals surface area contributed by atoms with E-state index < -0.39 is 0 Å². The van der Waals surface area contributed by atoms with Gasteiger partial charge < -0.3 is 48.0 Å². The molecule has 0 saturated carbocycles. The molecule has 0 radical (unpaired) electrons. The first-order valence-corrected chi connectivity index (χ1v) is 30.3. The smallest absolute Gasteiger partial charge is 0.119 e. The molecule has 0 aliphatic heterocycles. The summed E-state index contributed by atoms with van der Waals surface area (Å²) in [6.07, 6.45) is 0. The highest BCUT2D eigenvalue weighted by Crippen LogP contribution is 2.53. The van der Waals surface area contributed by atoms with Crippen molar-refractivity contribution >= 4 is 68.2 Å². The first kappa shape index (κ1) is 58.6. The zero-order chi connectivity index (χ0) is 62.6. The van der Waals surface area contributed by atoms with Crippen molar-refractivity contribution in [2.75, 3.05) is 62.3 Å². The van der Waals surface area contributed by atoms with Gasteiger partial charge in [0.2, 0.25) is 0 Å². The van der Waals surface area contributed by atoms with Crippen LogP contribution < -0.4 is 48.0 Å². The molecule has 450 valence electrons. The molecule has 0 fully saturated rings. The van der Waals surface area contributed by atoms with E-state index in [0.717, 1.165) is 125 Å². The molecule has 1 aliphatic rings. The van der Waals surface area contributed by atoms with Crippen LogP contribution in [0.4, 0.5) is 68.2 Å². The van der Waals surface area contributed by atoms with Crippen LogP contribution in [0.3, 0.4) is 0 Å². The molecule has 12 aromatic rings. The SMILES string of the molecule is COc1ccc(N(c2ccc(OC)cc2)c2ccc(-c3ccc(N(c4ccc(OC)cc4)c4ccc5c(c4)C(C)(C)c4cc(N(c6ccc(OC)cc6)c6ccc(-c7ccc(N(c8ccc(OC)cc8)c8ccc(OC)cc8)cc7)cc6)ccc4-5)cc3)cc2)cc1. The zero-order valence-corrected chi connectivity index (χ0v) is 52.3. The molecule has 12 aromatic carbocycles. The fourth-order valence-electron chi connectivity index (χ4n) is 12.4. The second kappa shape index (κ2) is 25.4. The van der Waals surface area contributed by atoms with Gasteiger partial charge in [-0.1, -0.05) is 74.5 Å². The number of rotatable bonds is 20. The average Bonchev–Trinajstić information content (AvgIpc) is 1.59. The number of anilines is 12. The lowest BCUT2D eigenvalue weighted by Crippen LogP contribution is -2.17. The fraction of sp³-hybridized carbons (Fsp3) is 0.111. The highest BCUT2D eigenvalue weighted by atomic mass is 16.5. The Morgan fingerprint density at radius 3 is 0.527 bits per heavy atom. The quantitative estimate of drug-likeness (QED) is 0.0737. The number of nitrogens with zero attached hydrogens (tertiary/aromatic N) is 4. The standard InChI is InChI=1S/C81H70N4O6/c1-81(2)79-53-69(84(67-33-47-75(90-7)48-34-67)61-21-13-57(14-22-61)55-9-17-59(18-10-55)82(63-25-39-71(86-3)40-26-63)64-27-41-72(87-4)42-28-64)37-51-77(79)78-52-38-70(54-80(78)81)85(68-35-49-76(91-8)50-36-68)62-23-15-58(16-24-62)56-11-19-60(20-12-56)83(65-29-43-73(88-5)44-30-65)66-31-45-74(89-6)46-32-66/h9-54H,1-8H3. The minimum Gasteiger partial charge on any atom is -0.497 e. The van der Waals surface area contributed by atoms with Gasteiger partial charge in [0.15, 0.2) is 0 Å². The first-order chi connectivity index (χ1) is 44.5. The molecule has 0 amide bonds. The first-order valence-electron chi connectivity index (χ1n) is 30.3. The largest absolute Gasteiger partial charge is 0.497 e. The van der Waals surface area contributed by atoms with E-state index in [0.29, 0.717) is 0 Å². The second-order valence-electron chi connectivity index (χ2n) is 22.8. The van der Waals surface area contributed by atoms with Crippen molar-refractivity contribution in [2.24, 2.45) is 0 Å². The normalized spacial score (nSPS) is 11.8. The van der Waals surface area contributed by atoms with Gasteiger partial charge in [-0.25, -0.2) is 0 Å². The molecular weight excluding hydrogens is 1120 g/mol. The Bertz CT molecular complexity index is 4060. The maximum Gasteiger partial charge on any atom is 0.119 e. The summed E-state index contributed by atoms with van der Waals surface area (Å²) in [4.78, 5) is 9.14. The number of benzene rings is 12. The number of ether oxygens (including phenoxy) is 6. The molecule has 0 bridgehead atoms. The Balaban J connectivity index is 0.794. The van der Waals surface area contributed by atoms with E-state index in [2.05, 4.69) is 240 Å². The van der Waals surface area contributed by atoms with Crippen molar-refractivity contribution in [1.29, 1.82) is 0 Å². The predicted molar refractivity (Wildman–Crippen MR) is 373 cm³/mol. The van der Waals surface area contributed by atoms with Crippen LogP contribution in [-0.2, 0) is 5.41 Å². The predicted octanol–water partition coefficient (Wildman–Crippen LogP) is 21.3. The summed E-state index contributed by atoms with van der Waals surface area (Å²) < 4.78 is 33.3. The highest BCUT2D eigenvalue weighted by molar-refractivity contribution is 5.90. The maximum absolute atomic E-state index is 5.65. The molecule has 0 aromatic heterocycles. The summed E-state index contributed by atoms with van der Waals surface area (Å²) in [5, 5.41) is 0. The topological polar surface area (TPSA) is 68.3 Å². The van der Waals surface area contributed by atoms with E-state index in [1.807, 2.05) is 72.8 Å². The van der Waals surface area contributed by atoms with E-state index in [4.69, 9.17) is 28.4 Å². The minimum atomic E-state index is -0.355. The Morgan fingerprint density at radius 2 is 0.352 bits per heavy atom. The van der Waals surface area contributed by atoms with E-state index >= 15 is 0 Å². The van der Waals surface area contributed by atoms with Crippen LogP contribution >= 0.6 is 0 Å². The van der Waals surface area contributed by atoms with E-state index in [1.54, 1.807) is 42.7 Å². The Labute approximate surface area is 533 Å². The lowest BCUT2D eigenvalue weighted by atomic mass is 9.82. The van der Waals surface area contributed by atoms with Crippen molar-refractivity contribution in [3.8, 4) is 67.9 Å². The molecule has 0 N–H and O–H groups in total. The van der Waals surface area contributed by atoms with Crippen LogP contribution in [0.25, 0.3) is 33.4 Å². The van der Waals surface area contributed by atoms with Gasteiger partial charge in [-0.05, 0) is 263 Å². The average molecular weight is 1200 g/mol. The molecular formula is C81H70N4O6. The van der Waals surface area contributed by atoms with Crippen molar-refractivity contribution in [2.45, 2.75) is 19.3 Å². The third-order valence-electron chi connectivity index (χ3n) is 17.3. The van der Waals surface area contributed by atoms with Gasteiger partial charge in [-0.15, -0.1) is 0 Å². The fourth-order valence-corrected chi connectivity index (χ4v) is 12.4. The van der Waals surface area contributed by atoms with Gasteiger partial charge in [0.1, 0.15) is 34.5 Å². The van der Waals surface area contributed by atoms with E-state index in [9.17, 15) is 0 Å². The summed E-state index contributed by atoms with van der Waals surface area (Å²) in [5.74, 6) is 4.81. The molecule has 0 spiro atoms. The van der Waals surface area contributed by atoms with Crippen molar-refractivity contribution in [3.05, 3.63) is 290 Å². The molecule has 10 nitrogen and oxygen atoms in total. The molecule has 0 atom stereocenters. The van der Waals surface area contributed by atoms with Gasteiger partial charge >= 0.3 is 0 Å². The van der Waals surface area contributed by atoms with Crippen LogP contribution in [0, 0.1) is 0 Å². The molecule has 0 saturated heterocycles. The Hall–Kier alpha value is -11.4. The summed E-state index contributed by atoms with van der Waals surface area (Å²) in [6.45, 7) is 4.70. The Kier molecular flexibility index (Phi) is 16.4. The summed E-state index contributed by atoms with van der Waals surface area (Å²) in [5.41, 5.74) is 21.4. The van der Waals surface area contributed by atoms with Crippen molar-refractivity contribution in [1.82, 2.24) is 0 Å². The molecule has 13 rings (SSSR count). The van der Waals surface area contributed by atoms with Gasteiger partial charge in [0.25, 0.3) is 0 Å². The van der Waals surface area contributed by atoms with Crippen LogP contribution in [0.2, 0.25) is 0 Å². The van der Waals surface area contributed by atoms with Crippen LogP contribution in [0.1, 0.15) is 25.0 Å². The second-order valence-corrected chi connectivity index (χ2v) is 22.8. The number of fused-ring (bicyclic) bond motifs is 3. The summed E-state index contributed by atoms with van der Waals surface area (Å²) in [6, 6.07) is 98.1. The molecule has 91 heavy (non-hydrogen) atoms. The van der Waals surface area contributed by atoms with Gasteiger partial charge in [0.05, 0.1) is 42.7 Å². The van der Waals surface area contributed by atoms with Gasteiger partial charge in [-0.3, -0.25) is 0 Å². The van der Waals surface area contributed by atoms with Gasteiger partial charge in [0, 0.05) is 73.7 Å². The zero-order valence-electron chi connectivity index (χ0n) is 52.3. The molecule has 0 heterocycles. The van der Waals surface area contributed by atoms with Crippen LogP contribution in [0.15, 0.2) is 279 Å². The van der Waals surface area contributed by atoms with E-state index in [1.165, 1.54) is 22.3 Å². The lowest BCUT2D eigenvalue weighted by Gasteiger charge is -2.29. The third kappa shape index (κ3) is 11.7. The Morgan fingerprint density at radius 1 is 0.198 bits per heavy atom. The summed E-state index contributed by atoms with van der Waals surface area (Å²) in [7, 11) is 10.2. The monoisotopic (exact) mass is 1190 g/mol. The third-order valence-corrected chi connectivity index (χ3v) is 17.3. The molecule has 1 aliphatic carbocycles. The lowest BCUT2D eigenvalue weighted by molar-refractivity contribution is 0.414. The highest BCUT2D eigenvalue weighted by Gasteiger charge is 2.37. The number of methoxy groups -OCH3 is 6. The van der Waals surface area contributed by atoms with E-state index in [-0.39, 0.29) is 5.41 Å². The summed E-state index contributed by atoms with van der Waals surface area (Å²) >= 11 is 0. The van der Waals surface area contributed by atoms with Crippen LogP contribution in [-0.4, -0.2) is 42.7 Å². The number of hydrogen-bond acceptors (Lipinski definition) is 10. The molecule has 10 heteroatoms. The molecule has 0 unspecified atom stereocenters. The maximum atomic E-state index is 5.65. The number of hydrogen-bond donors (Lipinski definition) is 0. The van der Waals surface area contributed by atoms with Crippen molar-refractivity contribution in [3.63, 3.8) is 0 Å².